The van der Waals surface area contributed by atoms with Crippen LogP contribution in [0.2, 0.25) is 0 Å². The minimum atomic E-state index is -0.754. The van der Waals surface area contributed by atoms with Crippen molar-refractivity contribution in [2.45, 2.75) is 226 Å². The van der Waals surface area contributed by atoms with Crippen molar-refractivity contribution >= 4 is 17.9 Å². The fraction of sp³-hybridized carbons (Fsp3) is 0.925. The third-order valence-electron chi connectivity index (χ3n) is 8.86. The summed E-state index contributed by atoms with van der Waals surface area (Å²) in [7, 11) is 0. The number of carbonyl (C=O) groups is 3. The van der Waals surface area contributed by atoms with Gasteiger partial charge in [-0.15, -0.1) is 0 Å². The van der Waals surface area contributed by atoms with Gasteiger partial charge in [0, 0.05) is 19.3 Å². The Kier molecular flexibility index (Phi) is 35.0. The van der Waals surface area contributed by atoms with Gasteiger partial charge in [0.2, 0.25) is 0 Å². The first-order valence-corrected chi connectivity index (χ1v) is 20.0. The van der Waals surface area contributed by atoms with Crippen LogP contribution in [0.15, 0.2) is 0 Å². The molecular weight excluding hydrogens is 576 g/mol. The molecule has 0 bridgehead atoms. The maximum Gasteiger partial charge on any atom is 0.306 e. The Morgan fingerprint density at radius 2 is 0.587 bits per heavy atom. The van der Waals surface area contributed by atoms with Crippen LogP contribution in [-0.2, 0) is 28.6 Å². The maximum atomic E-state index is 12.5. The summed E-state index contributed by atoms with van der Waals surface area (Å²) in [5.74, 6) is -0.877. The lowest BCUT2D eigenvalue weighted by atomic mass is 10.0. The SMILES string of the molecule is CCCCCCCCCCCCCCCCC(=O)OC[C@@H](COC(=O)CCCCCCC)OC(=O)CCCCCCCCCCC. The van der Waals surface area contributed by atoms with Crippen molar-refractivity contribution < 1.29 is 28.6 Å². The van der Waals surface area contributed by atoms with E-state index in [0.29, 0.717) is 19.3 Å². The minimum Gasteiger partial charge on any atom is -0.462 e. The van der Waals surface area contributed by atoms with Gasteiger partial charge in [-0.1, -0.05) is 181 Å². The van der Waals surface area contributed by atoms with E-state index in [9.17, 15) is 14.4 Å². The summed E-state index contributed by atoms with van der Waals surface area (Å²) in [5.41, 5.74) is 0. The molecule has 0 radical (unpaired) electrons. The molecule has 6 heteroatoms. The van der Waals surface area contributed by atoms with Crippen LogP contribution in [0.4, 0.5) is 0 Å². The Labute approximate surface area is 285 Å². The summed E-state index contributed by atoms with van der Waals surface area (Å²) in [6.45, 7) is 6.53. The zero-order valence-corrected chi connectivity index (χ0v) is 30.9. The standard InChI is InChI=1S/C40H76O6/c1-4-7-10-13-15-17-18-19-20-21-23-24-27-30-33-39(42)45-36-37(35-44-38(41)32-29-26-12-9-6-3)46-40(43)34-31-28-25-22-16-14-11-8-5-2/h37H,4-36H2,1-3H3/t37-/m1/s1. The minimum absolute atomic E-state index is 0.0648. The van der Waals surface area contributed by atoms with Crippen molar-refractivity contribution in [2.24, 2.45) is 0 Å². The Bertz CT molecular complexity index is 679. The molecule has 0 saturated heterocycles. The Balaban J connectivity index is 4.20. The average Bonchev–Trinajstić information content (AvgIpc) is 3.05. The fourth-order valence-corrected chi connectivity index (χ4v) is 5.79. The molecule has 0 aliphatic rings. The number of unbranched alkanes of at least 4 members (excludes halogenated alkanes) is 25. The molecule has 0 rings (SSSR count). The van der Waals surface area contributed by atoms with E-state index in [0.717, 1.165) is 64.2 Å². The fourth-order valence-electron chi connectivity index (χ4n) is 5.79. The second kappa shape index (κ2) is 36.2. The van der Waals surface area contributed by atoms with Crippen LogP contribution in [0.3, 0.4) is 0 Å². The van der Waals surface area contributed by atoms with Gasteiger partial charge in [-0.3, -0.25) is 14.4 Å². The molecule has 0 fully saturated rings. The molecule has 0 N–H and O–H groups in total. The van der Waals surface area contributed by atoms with Crippen LogP contribution >= 0.6 is 0 Å². The van der Waals surface area contributed by atoms with Crippen LogP contribution in [0.25, 0.3) is 0 Å². The molecule has 6 nitrogen and oxygen atoms in total. The third kappa shape index (κ3) is 33.8. The van der Waals surface area contributed by atoms with Gasteiger partial charge in [0.05, 0.1) is 0 Å². The average molecular weight is 653 g/mol. The van der Waals surface area contributed by atoms with E-state index in [-0.39, 0.29) is 31.1 Å². The van der Waals surface area contributed by atoms with Crippen LogP contribution in [0.5, 0.6) is 0 Å². The second-order valence-corrected chi connectivity index (χ2v) is 13.6. The molecule has 0 saturated carbocycles. The van der Waals surface area contributed by atoms with Gasteiger partial charge in [-0.25, -0.2) is 0 Å². The van der Waals surface area contributed by atoms with Gasteiger partial charge >= 0.3 is 17.9 Å². The van der Waals surface area contributed by atoms with Crippen molar-refractivity contribution in [3.63, 3.8) is 0 Å². The number of hydrogen-bond acceptors (Lipinski definition) is 6. The normalized spacial score (nSPS) is 11.8. The largest absolute Gasteiger partial charge is 0.462 e. The van der Waals surface area contributed by atoms with Crippen LogP contribution in [0, 0.1) is 0 Å². The highest BCUT2D eigenvalue weighted by atomic mass is 16.6. The van der Waals surface area contributed by atoms with E-state index in [2.05, 4.69) is 20.8 Å². The third-order valence-corrected chi connectivity index (χ3v) is 8.86. The van der Waals surface area contributed by atoms with Gasteiger partial charge in [0.25, 0.3) is 0 Å². The zero-order valence-electron chi connectivity index (χ0n) is 30.9. The monoisotopic (exact) mass is 653 g/mol. The predicted octanol–water partition coefficient (Wildman–Crippen LogP) is 12.1. The molecule has 272 valence electrons. The molecule has 0 aliphatic carbocycles. The molecule has 0 amide bonds. The quantitative estimate of drug-likeness (QED) is 0.0381. The predicted molar refractivity (Wildman–Crippen MR) is 192 cm³/mol. The van der Waals surface area contributed by atoms with Crippen molar-refractivity contribution in [2.75, 3.05) is 13.2 Å². The molecule has 46 heavy (non-hydrogen) atoms. The number of ether oxygens (including phenoxy) is 3. The van der Waals surface area contributed by atoms with E-state index in [1.807, 2.05) is 0 Å². The summed E-state index contributed by atoms with van der Waals surface area (Å²) >= 11 is 0. The zero-order chi connectivity index (χ0) is 33.8. The van der Waals surface area contributed by atoms with E-state index >= 15 is 0 Å². The molecule has 0 aromatic heterocycles. The van der Waals surface area contributed by atoms with Crippen LogP contribution in [-0.4, -0.2) is 37.2 Å². The highest BCUT2D eigenvalue weighted by molar-refractivity contribution is 5.71. The lowest BCUT2D eigenvalue weighted by Crippen LogP contribution is -2.30. The molecule has 0 spiro atoms. The van der Waals surface area contributed by atoms with Crippen molar-refractivity contribution in [1.29, 1.82) is 0 Å². The maximum absolute atomic E-state index is 12.5. The van der Waals surface area contributed by atoms with Crippen molar-refractivity contribution in [3.8, 4) is 0 Å². The molecule has 0 aromatic carbocycles. The number of rotatable bonds is 36. The highest BCUT2D eigenvalue weighted by Crippen LogP contribution is 2.15. The second-order valence-electron chi connectivity index (χ2n) is 13.6. The molecule has 1 atom stereocenters. The number of hydrogen-bond donors (Lipinski definition) is 0. The Morgan fingerprint density at radius 1 is 0.348 bits per heavy atom. The molecule has 0 aliphatic heterocycles. The van der Waals surface area contributed by atoms with E-state index in [1.165, 1.54) is 116 Å². The van der Waals surface area contributed by atoms with Gasteiger partial charge in [-0.2, -0.15) is 0 Å². The summed E-state index contributed by atoms with van der Waals surface area (Å²) < 4.78 is 16.5. The first-order chi connectivity index (χ1) is 22.5. The lowest BCUT2D eigenvalue weighted by molar-refractivity contribution is -0.167. The smallest absolute Gasteiger partial charge is 0.306 e. The van der Waals surface area contributed by atoms with Gasteiger partial charge < -0.3 is 14.2 Å². The lowest BCUT2D eigenvalue weighted by Gasteiger charge is -2.18. The first-order valence-electron chi connectivity index (χ1n) is 20.0. The first kappa shape index (κ1) is 44.4. The van der Waals surface area contributed by atoms with Gasteiger partial charge in [-0.05, 0) is 19.3 Å². The Hall–Kier alpha value is -1.59. The molecule has 0 heterocycles. The van der Waals surface area contributed by atoms with Crippen LogP contribution in [0.1, 0.15) is 220 Å². The summed E-state index contributed by atoms with van der Waals surface area (Å²) in [6.07, 6.45) is 34.0. The number of carbonyl (C=O) groups excluding carboxylic acids is 3. The van der Waals surface area contributed by atoms with Crippen molar-refractivity contribution in [3.05, 3.63) is 0 Å². The Morgan fingerprint density at radius 3 is 0.870 bits per heavy atom. The summed E-state index contributed by atoms with van der Waals surface area (Å²) in [4.78, 5) is 37.2. The highest BCUT2D eigenvalue weighted by Gasteiger charge is 2.19. The van der Waals surface area contributed by atoms with Crippen molar-refractivity contribution in [1.82, 2.24) is 0 Å². The van der Waals surface area contributed by atoms with Gasteiger partial charge in [0.1, 0.15) is 13.2 Å². The topological polar surface area (TPSA) is 78.9 Å². The molecular formula is C40H76O6. The number of esters is 3. The van der Waals surface area contributed by atoms with E-state index in [1.54, 1.807) is 0 Å². The van der Waals surface area contributed by atoms with Gasteiger partial charge in [0.15, 0.2) is 6.10 Å². The van der Waals surface area contributed by atoms with E-state index in [4.69, 9.17) is 14.2 Å². The summed E-state index contributed by atoms with van der Waals surface area (Å²) in [6, 6.07) is 0. The molecule has 0 aromatic rings. The van der Waals surface area contributed by atoms with Crippen LogP contribution < -0.4 is 0 Å². The van der Waals surface area contributed by atoms with E-state index < -0.39 is 6.10 Å². The molecule has 0 unspecified atom stereocenters. The summed E-state index contributed by atoms with van der Waals surface area (Å²) in [5, 5.41) is 0.